The third-order valence-electron chi connectivity index (χ3n) is 1.43. The van der Waals surface area contributed by atoms with Crippen LogP contribution in [0.1, 0.15) is 15.9 Å². The van der Waals surface area contributed by atoms with Gasteiger partial charge in [-0.2, -0.15) is 0 Å². The van der Waals surface area contributed by atoms with Gasteiger partial charge in [-0.1, -0.05) is 11.6 Å². The maximum atomic E-state index is 10.4. The number of pyridine rings is 1. The van der Waals surface area contributed by atoms with Crippen LogP contribution >= 0.6 is 11.6 Å². The second-order valence-corrected chi connectivity index (χ2v) is 2.54. The number of halogens is 1. The van der Waals surface area contributed by atoms with Crippen LogP contribution in [0.5, 0.6) is 0 Å². The number of nitrogens with two attached hydrogens (primary N) is 1. The molecule has 0 aromatic carbocycles. The van der Waals surface area contributed by atoms with Gasteiger partial charge in [0.05, 0.1) is 5.69 Å². The van der Waals surface area contributed by atoms with Gasteiger partial charge >= 0.3 is 0 Å². The molecule has 2 N–H and O–H groups in total. The molecule has 3 nitrogen and oxygen atoms in total. The highest BCUT2D eigenvalue weighted by Crippen LogP contribution is 2.20. The monoisotopic (exact) mass is 170 g/mol. The van der Waals surface area contributed by atoms with E-state index >= 15 is 0 Å². The van der Waals surface area contributed by atoms with E-state index in [2.05, 4.69) is 4.98 Å². The Bertz CT molecular complexity index is 299. The lowest BCUT2D eigenvalue weighted by molar-refractivity contribution is 0.112. The molecule has 58 valence electrons. The zero-order chi connectivity index (χ0) is 8.43. The predicted molar refractivity (Wildman–Crippen MR) is 43.8 cm³/mol. The van der Waals surface area contributed by atoms with E-state index in [4.69, 9.17) is 17.3 Å². The van der Waals surface area contributed by atoms with Crippen molar-refractivity contribution in [1.82, 2.24) is 4.98 Å². The number of nitrogens with zero attached hydrogens (tertiary/aromatic N) is 1. The maximum absolute atomic E-state index is 10.4. The molecule has 1 rings (SSSR count). The first-order valence-electron chi connectivity index (χ1n) is 3.02. The van der Waals surface area contributed by atoms with Gasteiger partial charge in [0.25, 0.3) is 0 Å². The minimum absolute atomic E-state index is 0.178. The highest BCUT2D eigenvalue weighted by Gasteiger charge is 2.05. The summed E-state index contributed by atoms with van der Waals surface area (Å²) in [4.78, 5) is 14.2. The lowest BCUT2D eigenvalue weighted by Gasteiger charge is -2.02. The van der Waals surface area contributed by atoms with Crippen LogP contribution < -0.4 is 5.73 Å². The summed E-state index contributed by atoms with van der Waals surface area (Å²) in [5.41, 5.74) is 6.88. The normalized spacial score (nSPS) is 9.64. The molecule has 0 aliphatic rings. The van der Waals surface area contributed by atoms with E-state index < -0.39 is 0 Å². The second kappa shape index (κ2) is 2.88. The van der Waals surface area contributed by atoms with Crippen LogP contribution in [0.25, 0.3) is 0 Å². The van der Waals surface area contributed by atoms with E-state index in [1.165, 1.54) is 6.20 Å². The number of aromatic nitrogens is 1. The Balaban J connectivity index is 3.40. The molecule has 0 unspecified atom stereocenters. The first-order valence-corrected chi connectivity index (χ1v) is 3.40. The fourth-order valence-corrected chi connectivity index (χ4v) is 0.923. The molecule has 4 heteroatoms. The van der Waals surface area contributed by atoms with Gasteiger partial charge in [0, 0.05) is 11.8 Å². The van der Waals surface area contributed by atoms with E-state index in [1.54, 1.807) is 6.92 Å². The molecule has 1 aromatic rings. The van der Waals surface area contributed by atoms with Crippen LogP contribution in [0, 0.1) is 6.92 Å². The van der Waals surface area contributed by atoms with E-state index in [0.29, 0.717) is 11.8 Å². The molecule has 0 saturated carbocycles. The first-order chi connectivity index (χ1) is 5.16. The number of carbonyl (C=O) groups is 1. The molecule has 0 aliphatic heterocycles. The summed E-state index contributed by atoms with van der Waals surface area (Å²) in [6, 6.07) is 0. The highest BCUT2D eigenvalue weighted by molar-refractivity contribution is 6.32. The van der Waals surface area contributed by atoms with Crippen LogP contribution in [0.2, 0.25) is 5.15 Å². The Kier molecular flexibility index (Phi) is 2.10. The number of aryl methyl sites for hydroxylation is 1. The molecule has 0 radical (unpaired) electrons. The third kappa shape index (κ3) is 1.33. The summed E-state index contributed by atoms with van der Waals surface area (Å²) in [5, 5.41) is 0.178. The van der Waals surface area contributed by atoms with Crippen molar-refractivity contribution in [3.63, 3.8) is 0 Å². The highest BCUT2D eigenvalue weighted by atomic mass is 35.5. The van der Waals surface area contributed by atoms with Crippen molar-refractivity contribution in [2.45, 2.75) is 6.92 Å². The van der Waals surface area contributed by atoms with E-state index in [1.807, 2.05) is 0 Å². The number of rotatable bonds is 1. The van der Waals surface area contributed by atoms with Gasteiger partial charge in [-0.25, -0.2) is 4.98 Å². The van der Waals surface area contributed by atoms with Crippen LogP contribution in [0.3, 0.4) is 0 Å². The average Bonchev–Trinajstić information content (AvgIpc) is 1.99. The van der Waals surface area contributed by atoms with Gasteiger partial charge in [0.15, 0.2) is 11.4 Å². The Labute approximate surface area is 69.2 Å². The summed E-state index contributed by atoms with van der Waals surface area (Å²) in [6.45, 7) is 1.75. The molecule has 0 aliphatic carbocycles. The topological polar surface area (TPSA) is 56.0 Å². The molecule has 0 saturated heterocycles. The predicted octanol–water partition coefficient (Wildman–Crippen LogP) is 1.44. The molecule has 0 fully saturated rings. The van der Waals surface area contributed by atoms with Gasteiger partial charge in [-0.3, -0.25) is 4.79 Å². The fourth-order valence-electron chi connectivity index (χ4n) is 0.773. The number of anilines is 1. The van der Waals surface area contributed by atoms with Gasteiger partial charge in [-0.05, 0) is 12.5 Å². The molecular formula is C7H7ClN2O. The molecule has 0 atom stereocenters. The summed E-state index contributed by atoms with van der Waals surface area (Å²) < 4.78 is 0. The number of aldehydes is 1. The number of nitrogen functional groups attached to an aromatic ring is 1. The SMILES string of the molecule is Cc1cnc(Cl)c(N)c1C=O. The number of carbonyl (C=O) groups excluding carboxylic acids is 1. The van der Waals surface area contributed by atoms with E-state index in [0.717, 1.165) is 5.56 Å². The van der Waals surface area contributed by atoms with Crippen LogP contribution in [0.15, 0.2) is 6.20 Å². The number of hydrogen-bond donors (Lipinski definition) is 1. The molecule has 0 bridgehead atoms. The van der Waals surface area contributed by atoms with Crippen molar-refractivity contribution in [3.05, 3.63) is 22.5 Å². The second-order valence-electron chi connectivity index (χ2n) is 2.18. The van der Waals surface area contributed by atoms with Gasteiger partial charge in [0.1, 0.15) is 0 Å². The average molecular weight is 171 g/mol. The Morgan fingerprint density at radius 1 is 1.73 bits per heavy atom. The maximum Gasteiger partial charge on any atom is 0.152 e. The minimum atomic E-state index is 0.178. The molecule has 1 heterocycles. The number of hydrogen-bond acceptors (Lipinski definition) is 3. The van der Waals surface area contributed by atoms with Gasteiger partial charge in [0.2, 0.25) is 0 Å². The van der Waals surface area contributed by atoms with Crippen molar-refractivity contribution in [3.8, 4) is 0 Å². The van der Waals surface area contributed by atoms with E-state index in [-0.39, 0.29) is 10.8 Å². The summed E-state index contributed by atoms with van der Waals surface area (Å²) >= 11 is 5.57. The largest absolute Gasteiger partial charge is 0.396 e. The smallest absolute Gasteiger partial charge is 0.152 e. The quantitative estimate of drug-likeness (QED) is 0.513. The lowest BCUT2D eigenvalue weighted by atomic mass is 10.1. The standard InChI is InChI=1S/C7H7ClN2O/c1-4-2-10-7(8)6(9)5(4)3-11/h2-3H,9H2,1H3. The van der Waals surface area contributed by atoms with E-state index in [9.17, 15) is 4.79 Å². The van der Waals surface area contributed by atoms with Crippen LogP contribution in [-0.4, -0.2) is 11.3 Å². The zero-order valence-corrected chi connectivity index (χ0v) is 6.72. The molecule has 0 amide bonds. The molecule has 0 spiro atoms. The summed E-state index contributed by atoms with van der Waals surface area (Å²) in [5.74, 6) is 0. The first kappa shape index (κ1) is 8.01. The van der Waals surface area contributed by atoms with Crippen molar-refractivity contribution in [2.24, 2.45) is 0 Å². The fraction of sp³-hybridized carbons (Fsp3) is 0.143. The summed E-state index contributed by atoms with van der Waals surface area (Å²) in [6.07, 6.45) is 2.20. The van der Waals surface area contributed by atoms with Crippen LogP contribution in [-0.2, 0) is 0 Å². The Morgan fingerprint density at radius 2 is 2.36 bits per heavy atom. The molecule has 11 heavy (non-hydrogen) atoms. The Hall–Kier alpha value is -1.09. The van der Waals surface area contributed by atoms with Crippen molar-refractivity contribution >= 4 is 23.6 Å². The minimum Gasteiger partial charge on any atom is -0.396 e. The van der Waals surface area contributed by atoms with Crippen molar-refractivity contribution in [1.29, 1.82) is 0 Å². The van der Waals surface area contributed by atoms with Gasteiger partial charge in [-0.15, -0.1) is 0 Å². The Morgan fingerprint density at radius 3 is 2.82 bits per heavy atom. The molecule has 1 aromatic heterocycles. The van der Waals surface area contributed by atoms with Crippen molar-refractivity contribution in [2.75, 3.05) is 5.73 Å². The summed E-state index contributed by atoms with van der Waals surface area (Å²) in [7, 11) is 0. The lowest BCUT2D eigenvalue weighted by Crippen LogP contribution is -1.98. The van der Waals surface area contributed by atoms with Crippen molar-refractivity contribution < 1.29 is 4.79 Å². The zero-order valence-electron chi connectivity index (χ0n) is 5.97. The van der Waals surface area contributed by atoms with Gasteiger partial charge < -0.3 is 5.73 Å². The molecular weight excluding hydrogens is 164 g/mol. The third-order valence-corrected chi connectivity index (χ3v) is 1.73. The van der Waals surface area contributed by atoms with Crippen LogP contribution in [0.4, 0.5) is 5.69 Å².